The van der Waals surface area contributed by atoms with Gasteiger partial charge in [0.2, 0.25) is 0 Å². The smallest absolute Gasteiger partial charge is 0.148 e. The molecule has 0 spiro atoms. The monoisotopic (exact) mass is 323 g/mol. The summed E-state index contributed by atoms with van der Waals surface area (Å²) in [6.45, 7) is 0. The zero-order valence-electron chi connectivity index (χ0n) is 14.0. The Balaban J connectivity index is 2.10. The summed E-state index contributed by atoms with van der Waals surface area (Å²) in [5.74, 6) is 1.43. The Morgan fingerprint density at radius 2 is 1.88 bits per heavy atom. The number of methoxy groups -OCH3 is 2. The van der Waals surface area contributed by atoms with E-state index >= 15 is 0 Å². The summed E-state index contributed by atoms with van der Waals surface area (Å²) in [6.07, 6.45) is 3.64. The van der Waals surface area contributed by atoms with Crippen molar-refractivity contribution in [1.82, 2.24) is 0 Å². The summed E-state index contributed by atoms with van der Waals surface area (Å²) in [5.41, 5.74) is 4.73. The number of hydrogen-bond acceptors (Lipinski definition) is 4. The molecule has 0 saturated heterocycles. The number of fused-ring (bicyclic) bond motifs is 1. The van der Waals surface area contributed by atoms with Crippen LogP contribution >= 0.6 is 0 Å². The third-order valence-corrected chi connectivity index (χ3v) is 4.31. The fourth-order valence-electron chi connectivity index (χ4n) is 3.06. The van der Waals surface area contributed by atoms with Crippen molar-refractivity contribution in [2.45, 2.75) is 19.3 Å². The summed E-state index contributed by atoms with van der Waals surface area (Å²) in [6, 6.07) is 13.8. The molecule has 0 atom stereocenters. The summed E-state index contributed by atoms with van der Waals surface area (Å²) in [7, 11) is 3.26. The lowest BCUT2D eigenvalue weighted by atomic mass is 10.0. The standard InChI is InChI=1S/C20H21NO3/c1-23-16-10-11-19(24-2)18(12-16)21-20-15(13-22)8-5-7-14-6-3-4-9-17(14)20/h3-4,6,9-13,21H,5,7-8H2,1-2H3. The highest BCUT2D eigenvalue weighted by Gasteiger charge is 2.18. The largest absolute Gasteiger partial charge is 0.497 e. The summed E-state index contributed by atoms with van der Waals surface area (Å²) in [4.78, 5) is 11.6. The molecule has 2 aromatic carbocycles. The number of ether oxygens (including phenoxy) is 2. The van der Waals surface area contributed by atoms with Crippen molar-refractivity contribution in [3.8, 4) is 11.5 Å². The second-order valence-electron chi connectivity index (χ2n) is 5.72. The Morgan fingerprint density at radius 3 is 2.62 bits per heavy atom. The number of benzene rings is 2. The van der Waals surface area contributed by atoms with Gasteiger partial charge in [-0.3, -0.25) is 4.79 Å². The molecule has 0 bridgehead atoms. The number of anilines is 1. The maximum absolute atomic E-state index is 11.6. The first-order valence-electron chi connectivity index (χ1n) is 8.02. The minimum Gasteiger partial charge on any atom is -0.497 e. The average Bonchev–Trinajstić information content (AvgIpc) is 2.81. The number of carbonyl (C=O) groups is 1. The second kappa shape index (κ2) is 7.21. The van der Waals surface area contributed by atoms with Crippen molar-refractivity contribution < 1.29 is 14.3 Å². The minimum absolute atomic E-state index is 0.704. The molecular formula is C20H21NO3. The van der Waals surface area contributed by atoms with E-state index in [0.717, 1.165) is 53.8 Å². The van der Waals surface area contributed by atoms with Gasteiger partial charge in [0.25, 0.3) is 0 Å². The van der Waals surface area contributed by atoms with Crippen LogP contribution in [0, 0.1) is 0 Å². The Bertz CT molecular complexity index is 780. The Morgan fingerprint density at radius 1 is 1.04 bits per heavy atom. The number of nitrogens with one attached hydrogen (secondary N) is 1. The van der Waals surface area contributed by atoms with Gasteiger partial charge < -0.3 is 14.8 Å². The predicted octanol–water partition coefficient (Wildman–Crippen LogP) is 4.06. The number of aryl methyl sites for hydroxylation is 1. The van der Waals surface area contributed by atoms with Gasteiger partial charge in [-0.25, -0.2) is 0 Å². The van der Waals surface area contributed by atoms with Crippen LogP contribution in [0.4, 0.5) is 5.69 Å². The predicted molar refractivity (Wildman–Crippen MR) is 95.5 cm³/mol. The SMILES string of the molecule is COc1ccc(OC)c(NC2=C(C=O)CCCc3ccccc32)c1. The number of carbonyl (C=O) groups excluding carboxylic acids is 1. The van der Waals surface area contributed by atoms with Gasteiger partial charge in [0.15, 0.2) is 0 Å². The van der Waals surface area contributed by atoms with Crippen LogP contribution in [-0.2, 0) is 11.2 Å². The van der Waals surface area contributed by atoms with E-state index in [4.69, 9.17) is 9.47 Å². The molecule has 3 rings (SSSR count). The highest BCUT2D eigenvalue weighted by atomic mass is 16.5. The first-order chi connectivity index (χ1) is 11.8. The van der Waals surface area contributed by atoms with Crippen LogP contribution in [0.5, 0.6) is 11.5 Å². The van der Waals surface area contributed by atoms with E-state index in [1.807, 2.05) is 30.3 Å². The molecule has 2 aromatic rings. The molecule has 1 N–H and O–H groups in total. The van der Waals surface area contributed by atoms with Crippen molar-refractivity contribution in [3.05, 3.63) is 59.2 Å². The maximum Gasteiger partial charge on any atom is 0.148 e. The average molecular weight is 323 g/mol. The molecule has 0 amide bonds. The fraction of sp³-hybridized carbons (Fsp3) is 0.250. The quantitative estimate of drug-likeness (QED) is 0.843. The Kier molecular flexibility index (Phi) is 4.85. The lowest BCUT2D eigenvalue weighted by molar-refractivity contribution is -0.105. The number of hydrogen-bond donors (Lipinski definition) is 1. The highest BCUT2D eigenvalue weighted by Crippen LogP contribution is 2.35. The summed E-state index contributed by atoms with van der Waals surface area (Å²) < 4.78 is 10.8. The van der Waals surface area contributed by atoms with Crippen LogP contribution in [0.1, 0.15) is 24.0 Å². The molecule has 0 radical (unpaired) electrons. The van der Waals surface area contributed by atoms with Crippen molar-refractivity contribution >= 4 is 17.7 Å². The number of rotatable bonds is 5. The van der Waals surface area contributed by atoms with Gasteiger partial charge in [-0.15, -0.1) is 0 Å². The van der Waals surface area contributed by atoms with E-state index < -0.39 is 0 Å². The highest BCUT2D eigenvalue weighted by molar-refractivity contribution is 5.94. The molecule has 0 heterocycles. The lowest BCUT2D eigenvalue weighted by Crippen LogP contribution is -2.06. The Labute approximate surface area is 142 Å². The molecule has 0 aliphatic heterocycles. The lowest BCUT2D eigenvalue weighted by Gasteiger charge is -2.18. The minimum atomic E-state index is 0.704. The normalized spacial score (nSPS) is 13.8. The van der Waals surface area contributed by atoms with Crippen molar-refractivity contribution in [3.63, 3.8) is 0 Å². The van der Waals surface area contributed by atoms with Gasteiger partial charge in [-0.1, -0.05) is 24.3 Å². The van der Waals surface area contributed by atoms with Crippen LogP contribution in [0.15, 0.2) is 48.0 Å². The molecule has 1 aliphatic rings. The van der Waals surface area contributed by atoms with Crippen LogP contribution in [0.25, 0.3) is 5.70 Å². The van der Waals surface area contributed by atoms with Crippen molar-refractivity contribution in [1.29, 1.82) is 0 Å². The summed E-state index contributed by atoms with van der Waals surface area (Å²) in [5, 5.41) is 3.42. The van der Waals surface area contributed by atoms with E-state index in [1.54, 1.807) is 14.2 Å². The molecular weight excluding hydrogens is 302 g/mol. The zero-order chi connectivity index (χ0) is 16.9. The third kappa shape index (κ3) is 3.13. The molecule has 0 fully saturated rings. The topological polar surface area (TPSA) is 47.6 Å². The van der Waals surface area contributed by atoms with Gasteiger partial charge in [-0.05, 0) is 37.0 Å². The zero-order valence-corrected chi connectivity index (χ0v) is 14.0. The van der Waals surface area contributed by atoms with E-state index in [1.165, 1.54) is 5.56 Å². The second-order valence-corrected chi connectivity index (χ2v) is 5.72. The number of allylic oxidation sites excluding steroid dienone is 1. The molecule has 0 saturated carbocycles. The van der Waals surface area contributed by atoms with Gasteiger partial charge in [-0.2, -0.15) is 0 Å². The molecule has 4 heteroatoms. The van der Waals surface area contributed by atoms with Crippen LogP contribution in [-0.4, -0.2) is 20.5 Å². The van der Waals surface area contributed by atoms with Crippen LogP contribution < -0.4 is 14.8 Å². The fourth-order valence-corrected chi connectivity index (χ4v) is 3.06. The van der Waals surface area contributed by atoms with Crippen molar-refractivity contribution in [2.75, 3.05) is 19.5 Å². The van der Waals surface area contributed by atoms with Gasteiger partial charge in [0.1, 0.15) is 17.8 Å². The van der Waals surface area contributed by atoms with E-state index in [2.05, 4.69) is 17.4 Å². The Hall–Kier alpha value is -2.75. The molecule has 0 unspecified atom stereocenters. The van der Waals surface area contributed by atoms with Gasteiger partial charge in [0, 0.05) is 17.2 Å². The van der Waals surface area contributed by atoms with E-state index in [9.17, 15) is 4.79 Å². The van der Waals surface area contributed by atoms with E-state index in [0.29, 0.717) is 5.75 Å². The molecule has 1 aliphatic carbocycles. The molecule has 0 aromatic heterocycles. The van der Waals surface area contributed by atoms with Gasteiger partial charge in [0.05, 0.1) is 25.6 Å². The first kappa shape index (κ1) is 16.1. The molecule has 4 nitrogen and oxygen atoms in total. The third-order valence-electron chi connectivity index (χ3n) is 4.31. The van der Waals surface area contributed by atoms with Gasteiger partial charge >= 0.3 is 0 Å². The van der Waals surface area contributed by atoms with Crippen LogP contribution in [0.2, 0.25) is 0 Å². The van der Waals surface area contributed by atoms with E-state index in [-0.39, 0.29) is 0 Å². The maximum atomic E-state index is 11.6. The van der Waals surface area contributed by atoms with Crippen molar-refractivity contribution in [2.24, 2.45) is 0 Å². The molecule has 24 heavy (non-hydrogen) atoms. The number of aldehydes is 1. The molecule has 124 valence electrons. The first-order valence-corrected chi connectivity index (χ1v) is 8.02. The summed E-state index contributed by atoms with van der Waals surface area (Å²) >= 11 is 0. The van der Waals surface area contributed by atoms with Crippen LogP contribution in [0.3, 0.4) is 0 Å².